The Balaban J connectivity index is 1.66. The smallest absolute Gasteiger partial charge is 0.246 e. The van der Waals surface area contributed by atoms with Gasteiger partial charge in [0.05, 0.1) is 18.0 Å². The fraction of sp³-hybridized carbons (Fsp3) is 0.167. The lowest BCUT2D eigenvalue weighted by molar-refractivity contribution is -0.130. The Morgan fingerprint density at radius 1 is 1.24 bits per heavy atom. The highest BCUT2D eigenvalue weighted by molar-refractivity contribution is 9.10. The van der Waals surface area contributed by atoms with Crippen molar-refractivity contribution in [2.24, 2.45) is 0 Å². The van der Waals surface area contributed by atoms with E-state index in [2.05, 4.69) is 26.1 Å². The molecule has 0 saturated carbocycles. The van der Waals surface area contributed by atoms with Crippen LogP contribution in [0.1, 0.15) is 11.5 Å². The second-order valence-corrected chi connectivity index (χ2v) is 6.87. The van der Waals surface area contributed by atoms with E-state index in [4.69, 9.17) is 16.1 Å². The van der Waals surface area contributed by atoms with Gasteiger partial charge >= 0.3 is 0 Å². The monoisotopic (exact) mass is 419 g/mol. The summed E-state index contributed by atoms with van der Waals surface area (Å²) in [5.74, 6) is 0.740. The topological polar surface area (TPSA) is 59.2 Å². The van der Waals surface area contributed by atoms with Crippen molar-refractivity contribution in [3.05, 3.63) is 69.5 Å². The average Bonchev–Trinajstić information content (AvgIpc) is 3.03. The van der Waals surface area contributed by atoms with Gasteiger partial charge in [0.2, 0.25) is 17.6 Å². The highest BCUT2D eigenvalue weighted by Crippen LogP contribution is 2.25. The summed E-state index contributed by atoms with van der Waals surface area (Å²) in [6.45, 7) is 0.240. The zero-order chi connectivity index (χ0) is 17.8. The molecule has 0 saturated heterocycles. The summed E-state index contributed by atoms with van der Waals surface area (Å²) >= 11 is 9.54. The molecule has 0 atom stereocenters. The number of halogens is 2. The third-order valence-corrected chi connectivity index (χ3v) is 4.45. The van der Waals surface area contributed by atoms with Crippen LogP contribution in [-0.4, -0.2) is 28.0 Å². The number of benzene rings is 2. The van der Waals surface area contributed by atoms with Crippen molar-refractivity contribution >= 4 is 33.4 Å². The Morgan fingerprint density at radius 2 is 2.04 bits per heavy atom. The third kappa shape index (κ3) is 4.46. The third-order valence-electron chi connectivity index (χ3n) is 3.63. The van der Waals surface area contributed by atoms with Gasteiger partial charge in [-0.2, -0.15) is 4.98 Å². The fourth-order valence-corrected chi connectivity index (χ4v) is 2.99. The SMILES string of the molecule is CN(Cc1nc(-c2ccccc2Cl)no1)C(=O)Cc1cccc(Br)c1. The molecule has 0 unspecified atom stereocenters. The minimum Gasteiger partial charge on any atom is -0.337 e. The van der Waals surface area contributed by atoms with Crippen molar-refractivity contribution in [1.82, 2.24) is 15.0 Å². The van der Waals surface area contributed by atoms with Crippen molar-refractivity contribution in [3.8, 4) is 11.4 Å². The molecule has 0 spiro atoms. The van der Waals surface area contributed by atoms with E-state index < -0.39 is 0 Å². The largest absolute Gasteiger partial charge is 0.337 e. The van der Waals surface area contributed by atoms with Crippen LogP contribution in [0.5, 0.6) is 0 Å². The molecule has 7 heteroatoms. The first-order valence-electron chi connectivity index (χ1n) is 7.59. The number of hydrogen-bond donors (Lipinski definition) is 0. The lowest BCUT2D eigenvalue weighted by Gasteiger charge is -2.14. The maximum absolute atomic E-state index is 12.4. The highest BCUT2D eigenvalue weighted by Gasteiger charge is 2.16. The molecular weight excluding hydrogens is 406 g/mol. The number of rotatable bonds is 5. The van der Waals surface area contributed by atoms with Crippen molar-refractivity contribution in [2.45, 2.75) is 13.0 Å². The lowest BCUT2D eigenvalue weighted by atomic mass is 10.1. The van der Waals surface area contributed by atoms with Gasteiger partial charge in [0.1, 0.15) is 0 Å². The number of carbonyl (C=O) groups is 1. The molecule has 25 heavy (non-hydrogen) atoms. The summed E-state index contributed by atoms with van der Waals surface area (Å²) in [5, 5.41) is 4.49. The summed E-state index contributed by atoms with van der Waals surface area (Å²) in [6, 6.07) is 14.9. The number of aromatic nitrogens is 2. The van der Waals surface area contributed by atoms with E-state index in [1.807, 2.05) is 42.5 Å². The van der Waals surface area contributed by atoms with E-state index in [1.54, 1.807) is 18.0 Å². The molecule has 0 aliphatic carbocycles. The van der Waals surface area contributed by atoms with E-state index in [9.17, 15) is 4.79 Å². The fourth-order valence-electron chi connectivity index (χ4n) is 2.32. The maximum atomic E-state index is 12.4. The van der Waals surface area contributed by atoms with Crippen molar-refractivity contribution in [1.29, 1.82) is 0 Å². The summed E-state index contributed by atoms with van der Waals surface area (Å²) < 4.78 is 6.19. The van der Waals surface area contributed by atoms with Gasteiger partial charge in [-0.25, -0.2) is 0 Å². The quantitative estimate of drug-likeness (QED) is 0.615. The minimum absolute atomic E-state index is 0.0319. The first-order valence-corrected chi connectivity index (χ1v) is 8.76. The molecule has 0 bridgehead atoms. The molecule has 0 aliphatic heterocycles. The number of amides is 1. The van der Waals surface area contributed by atoms with E-state index in [1.165, 1.54) is 0 Å². The van der Waals surface area contributed by atoms with Crippen LogP contribution in [0.2, 0.25) is 5.02 Å². The number of hydrogen-bond acceptors (Lipinski definition) is 4. The van der Waals surface area contributed by atoms with Crippen molar-refractivity contribution in [3.63, 3.8) is 0 Å². The van der Waals surface area contributed by atoms with E-state index >= 15 is 0 Å². The zero-order valence-electron chi connectivity index (χ0n) is 13.4. The highest BCUT2D eigenvalue weighted by atomic mass is 79.9. The number of nitrogens with zero attached hydrogens (tertiary/aromatic N) is 3. The molecule has 0 N–H and O–H groups in total. The van der Waals surface area contributed by atoms with Crippen LogP contribution in [0.4, 0.5) is 0 Å². The lowest BCUT2D eigenvalue weighted by Crippen LogP contribution is -2.27. The molecule has 0 radical (unpaired) electrons. The Kier molecular flexibility index (Phi) is 5.50. The van der Waals surface area contributed by atoms with Crippen LogP contribution < -0.4 is 0 Å². The summed E-state index contributed by atoms with van der Waals surface area (Å²) in [4.78, 5) is 18.2. The maximum Gasteiger partial charge on any atom is 0.246 e. The second-order valence-electron chi connectivity index (χ2n) is 5.55. The molecule has 128 valence electrons. The van der Waals surface area contributed by atoms with Gasteiger partial charge in [-0.1, -0.05) is 57.0 Å². The zero-order valence-corrected chi connectivity index (χ0v) is 15.8. The molecule has 0 aliphatic rings. The molecule has 3 rings (SSSR count). The standard InChI is InChI=1S/C18H15BrClN3O2/c1-23(17(24)10-12-5-4-6-13(19)9-12)11-16-21-18(22-25-16)14-7-2-3-8-15(14)20/h2-9H,10-11H2,1H3. The summed E-state index contributed by atoms with van der Waals surface area (Å²) in [7, 11) is 1.71. The molecular formula is C18H15BrClN3O2. The van der Waals surface area contributed by atoms with Gasteiger partial charge in [0.25, 0.3) is 0 Å². The van der Waals surface area contributed by atoms with E-state index in [0.717, 1.165) is 10.0 Å². The molecule has 2 aromatic carbocycles. The molecule has 1 amide bonds. The summed E-state index contributed by atoms with van der Waals surface area (Å²) in [6.07, 6.45) is 0.307. The Labute approximate surface area is 158 Å². The molecule has 1 heterocycles. The van der Waals surface area contributed by atoms with Crippen LogP contribution in [0.25, 0.3) is 11.4 Å². The van der Waals surface area contributed by atoms with Crippen LogP contribution in [0.3, 0.4) is 0 Å². The predicted molar refractivity (Wildman–Crippen MR) is 99.1 cm³/mol. The van der Waals surface area contributed by atoms with Crippen molar-refractivity contribution in [2.75, 3.05) is 7.05 Å². The van der Waals surface area contributed by atoms with Crippen LogP contribution >= 0.6 is 27.5 Å². The first kappa shape index (κ1) is 17.6. The van der Waals surface area contributed by atoms with Gasteiger partial charge < -0.3 is 9.42 Å². The van der Waals surface area contributed by atoms with Crippen LogP contribution in [-0.2, 0) is 17.8 Å². The summed E-state index contributed by atoms with van der Waals surface area (Å²) in [5.41, 5.74) is 1.63. The molecule has 1 aromatic heterocycles. The van der Waals surface area contributed by atoms with Gasteiger partial charge in [0.15, 0.2) is 0 Å². The Hall–Kier alpha value is -2.18. The normalized spacial score (nSPS) is 10.7. The van der Waals surface area contributed by atoms with Gasteiger partial charge in [-0.3, -0.25) is 4.79 Å². The minimum atomic E-state index is -0.0319. The Morgan fingerprint density at radius 3 is 2.80 bits per heavy atom. The predicted octanol–water partition coefficient (Wildman–Crippen LogP) is 4.35. The van der Waals surface area contributed by atoms with E-state index in [0.29, 0.717) is 28.7 Å². The number of likely N-dealkylation sites (N-methyl/N-ethyl adjacent to an activating group) is 1. The van der Waals surface area contributed by atoms with Crippen LogP contribution in [0.15, 0.2) is 57.5 Å². The van der Waals surface area contributed by atoms with Crippen LogP contribution in [0, 0.1) is 0 Å². The van der Waals surface area contributed by atoms with Gasteiger partial charge in [-0.05, 0) is 29.8 Å². The second kappa shape index (κ2) is 7.80. The molecule has 3 aromatic rings. The van der Waals surface area contributed by atoms with Crippen molar-refractivity contribution < 1.29 is 9.32 Å². The molecule has 0 fully saturated rings. The molecule has 5 nitrogen and oxygen atoms in total. The first-order chi connectivity index (χ1) is 12.0. The van der Waals surface area contributed by atoms with E-state index in [-0.39, 0.29) is 12.5 Å². The average molecular weight is 421 g/mol. The number of carbonyl (C=O) groups excluding carboxylic acids is 1. The van der Waals surface area contributed by atoms with Gasteiger partial charge in [0, 0.05) is 17.1 Å². The van der Waals surface area contributed by atoms with Gasteiger partial charge in [-0.15, -0.1) is 0 Å². The Bertz CT molecular complexity index is 897.